The number of guanidine groups is 1. The van der Waals surface area contributed by atoms with Crippen LogP contribution in [-0.4, -0.2) is 32.2 Å². The van der Waals surface area contributed by atoms with E-state index in [0.717, 1.165) is 15.5 Å². The molecular formula is C9H8AlN5. The molecule has 0 aliphatic heterocycles. The highest BCUT2D eigenvalue weighted by molar-refractivity contribution is 6.36. The van der Waals surface area contributed by atoms with Crippen LogP contribution in [0.25, 0.3) is 10.9 Å². The van der Waals surface area contributed by atoms with Crippen molar-refractivity contribution < 1.29 is 0 Å². The van der Waals surface area contributed by atoms with E-state index in [4.69, 9.17) is 11.5 Å². The first-order valence-electron chi connectivity index (χ1n) is 4.29. The van der Waals surface area contributed by atoms with Gasteiger partial charge in [-0.15, -0.1) is 0 Å². The van der Waals surface area contributed by atoms with Gasteiger partial charge in [0, 0.05) is 5.39 Å². The van der Waals surface area contributed by atoms with Gasteiger partial charge in [-0.2, -0.15) is 4.99 Å². The number of rotatable bonds is 1. The monoisotopic (exact) mass is 213 g/mol. The van der Waals surface area contributed by atoms with Gasteiger partial charge in [0.25, 0.3) is 5.95 Å². The third-order valence-corrected chi connectivity index (χ3v) is 2.29. The molecule has 0 aliphatic rings. The van der Waals surface area contributed by atoms with E-state index in [9.17, 15) is 0 Å². The number of para-hydroxylation sites is 1. The van der Waals surface area contributed by atoms with Crippen molar-refractivity contribution in [1.82, 2.24) is 9.97 Å². The molecule has 0 aliphatic carbocycles. The van der Waals surface area contributed by atoms with Crippen LogP contribution >= 0.6 is 0 Å². The molecule has 5 nitrogen and oxygen atoms in total. The summed E-state index contributed by atoms with van der Waals surface area (Å²) in [7, 11) is 0. The normalized spacial score (nSPS) is 10.1. The van der Waals surface area contributed by atoms with E-state index in [1.165, 1.54) is 0 Å². The van der Waals surface area contributed by atoms with Crippen LogP contribution in [0.2, 0.25) is 0 Å². The van der Waals surface area contributed by atoms with Crippen LogP contribution in [0.5, 0.6) is 0 Å². The summed E-state index contributed by atoms with van der Waals surface area (Å²) in [5.41, 5.74) is 11.3. The Morgan fingerprint density at radius 2 is 1.93 bits per heavy atom. The molecule has 0 fully saturated rings. The maximum Gasteiger partial charge on any atom is 0.251 e. The predicted octanol–water partition coefficient (Wildman–Crippen LogP) is -0.671. The molecule has 2 radical (unpaired) electrons. The Bertz CT molecular complexity index is 533. The van der Waals surface area contributed by atoms with Crippen molar-refractivity contribution in [2.24, 2.45) is 16.5 Å². The summed E-state index contributed by atoms with van der Waals surface area (Å²) in [5, 5.41) is 0.969. The highest BCUT2D eigenvalue weighted by Gasteiger charge is 2.01. The standard InChI is InChI=1S/C9H8N5.Al/c10-8(11)14-9-12-5-6-3-1-2-4-7(6)13-9;/h1-4H,(H4,10,11,12,13,14);. The van der Waals surface area contributed by atoms with Gasteiger partial charge in [-0.3, -0.25) is 0 Å². The Kier molecular flexibility index (Phi) is 2.54. The van der Waals surface area contributed by atoms with E-state index in [1.54, 1.807) is 0 Å². The summed E-state index contributed by atoms with van der Waals surface area (Å²) in [6.07, 6.45) is 0. The molecule has 1 heterocycles. The van der Waals surface area contributed by atoms with Crippen molar-refractivity contribution >= 4 is 43.7 Å². The van der Waals surface area contributed by atoms with Gasteiger partial charge in [-0.05, 0) is 10.6 Å². The summed E-state index contributed by atoms with van der Waals surface area (Å²) in [4.78, 5) is 12.2. The minimum absolute atomic E-state index is 0.0466. The average molecular weight is 213 g/mol. The maximum atomic E-state index is 5.26. The first-order valence-corrected chi connectivity index (χ1v) is 4.86. The van der Waals surface area contributed by atoms with Crippen LogP contribution in [0.15, 0.2) is 29.3 Å². The van der Waals surface area contributed by atoms with Crippen LogP contribution in [0, 0.1) is 0 Å². The molecule has 0 saturated heterocycles. The second-order valence-electron chi connectivity index (χ2n) is 2.96. The summed E-state index contributed by atoms with van der Waals surface area (Å²) in [6.45, 7) is 0. The van der Waals surface area contributed by atoms with E-state index in [0.29, 0.717) is 0 Å². The predicted molar refractivity (Wildman–Crippen MR) is 60.4 cm³/mol. The number of hydrogen-bond acceptors (Lipinski definition) is 3. The number of hydrogen-bond donors (Lipinski definition) is 2. The van der Waals surface area contributed by atoms with Crippen LogP contribution in [0.4, 0.5) is 5.95 Å². The lowest BCUT2D eigenvalue weighted by Gasteiger charge is -2.02. The molecule has 1 aromatic heterocycles. The van der Waals surface area contributed by atoms with Crippen molar-refractivity contribution in [1.29, 1.82) is 0 Å². The Morgan fingerprint density at radius 3 is 2.67 bits per heavy atom. The molecule has 2 rings (SSSR count). The Hall–Kier alpha value is -1.64. The van der Waals surface area contributed by atoms with Crippen LogP contribution in [0.3, 0.4) is 0 Å². The van der Waals surface area contributed by atoms with Crippen molar-refractivity contribution in [2.75, 3.05) is 0 Å². The lowest BCUT2D eigenvalue weighted by atomic mass is 10.2. The Labute approximate surface area is 94.7 Å². The van der Waals surface area contributed by atoms with Crippen molar-refractivity contribution in [3.8, 4) is 0 Å². The number of benzene rings is 1. The minimum Gasteiger partial charge on any atom is -0.370 e. The summed E-state index contributed by atoms with van der Waals surface area (Å²) < 4.78 is 0.778. The zero-order chi connectivity index (χ0) is 10.8. The maximum absolute atomic E-state index is 5.26. The summed E-state index contributed by atoms with van der Waals surface area (Å²) in [6, 6.07) is 7.66. The van der Waals surface area contributed by atoms with Gasteiger partial charge in [-0.1, -0.05) is 18.2 Å². The largest absolute Gasteiger partial charge is 0.370 e. The van der Waals surface area contributed by atoms with Crippen LogP contribution in [0.1, 0.15) is 0 Å². The van der Waals surface area contributed by atoms with Crippen molar-refractivity contribution in [2.45, 2.75) is 0 Å². The Morgan fingerprint density at radius 1 is 1.20 bits per heavy atom. The smallest absolute Gasteiger partial charge is 0.251 e. The van der Waals surface area contributed by atoms with E-state index >= 15 is 0 Å². The SMILES string of the molecule is NC(N)=Nc1n[c]([Al])c2ccccc2n1. The number of aromatic nitrogens is 2. The molecule has 0 spiro atoms. The van der Waals surface area contributed by atoms with Crippen molar-refractivity contribution in [3.05, 3.63) is 24.3 Å². The fraction of sp³-hybridized carbons (Fsp3) is 0. The zero-order valence-corrected chi connectivity index (χ0v) is 9.04. The van der Waals surface area contributed by atoms with Gasteiger partial charge in [0.1, 0.15) is 0 Å². The number of aliphatic imine (C=N–C) groups is 1. The molecule has 4 N–H and O–H groups in total. The number of nitrogens with two attached hydrogens (primary N) is 2. The highest BCUT2D eigenvalue weighted by atomic mass is 27.0. The van der Waals surface area contributed by atoms with Gasteiger partial charge in [-0.25, -0.2) is 9.97 Å². The number of fused-ring (bicyclic) bond motifs is 1. The molecule has 0 atom stereocenters. The highest BCUT2D eigenvalue weighted by Crippen LogP contribution is 2.10. The lowest BCUT2D eigenvalue weighted by Crippen LogP contribution is -2.22. The van der Waals surface area contributed by atoms with E-state index in [-0.39, 0.29) is 11.9 Å². The zero-order valence-electron chi connectivity index (χ0n) is 7.88. The molecule has 15 heavy (non-hydrogen) atoms. The number of nitrogens with zero attached hydrogens (tertiary/aromatic N) is 3. The van der Waals surface area contributed by atoms with Crippen LogP contribution < -0.4 is 16.0 Å². The second kappa shape index (κ2) is 3.85. The van der Waals surface area contributed by atoms with Gasteiger partial charge < -0.3 is 11.5 Å². The molecule has 0 unspecified atom stereocenters. The third-order valence-electron chi connectivity index (χ3n) is 1.85. The topological polar surface area (TPSA) is 90.2 Å². The van der Waals surface area contributed by atoms with Gasteiger partial charge >= 0.3 is 0 Å². The van der Waals surface area contributed by atoms with Gasteiger partial charge in [0.2, 0.25) is 16.3 Å². The lowest BCUT2D eigenvalue weighted by molar-refractivity contribution is 1.19. The van der Waals surface area contributed by atoms with Gasteiger partial charge in [0.15, 0.2) is 5.96 Å². The molecule has 72 valence electrons. The summed E-state index contributed by atoms with van der Waals surface area (Å²) >= 11 is 2.54. The molecule has 0 bridgehead atoms. The molecular weight excluding hydrogens is 205 g/mol. The first kappa shape index (κ1) is 9.90. The van der Waals surface area contributed by atoms with E-state index in [2.05, 4.69) is 31.3 Å². The fourth-order valence-corrected chi connectivity index (χ4v) is 1.61. The molecule has 6 heteroatoms. The minimum atomic E-state index is -0.0466. The van der Waals surface area contributed by atoms with E-state index in [1.807, 2.05) is 24.3 Å². The van der Waals surface area contributed by atoms with E-state index < -0.39 is 0 Å². The van der Waals surface area contributed by atoms with Crippen LogP contribution in [-0.2, 0) is 0 Å². The molecule has 1 aromatic carbocycles. The Balaban J connectivity index is 2.67. The third kappa shape index (κ3) is 2.06. The quantitative estimate of drug-likeness (QED) is 0.373. The second-order valence-corrected chi connectivity index (χ2v) is 3.51. The molecule has 0 amide bonds. The van der Waals surface area contributed by atoms with Gasteiger partial charge in [0.05, 0.1) is 5.52 Å². The average Bonchev–Trinajstić information content (AvgIpc) is 2.16. The summed E-state index contributed by atoms with van der Waals surface area (Å²) in [5.74, 6) is 0.230. The molecule has 2 aromatic rings. The fourth-order valence-electron chi connectivity index (χ4n) is 1.25. The molecule has 0 saturated carbocycles. The first-order chi connectivity index (χ1) is 7.16. The van der Waals surface area contributed by atoms with Crippen molar-refractivity contribution in [3.63, 3.8) is 0 Å².